The van der Waals surface area contributed by atoms with E-state index < -0.39 is 0 Å². The van der Waals surface area contributed by atoms with Crippen LogP contribution in [0.4, 0.5) is 0 Å². The fraction of sp³-hybridized carbons (Fsp3) is 0.571. The second-order valence-corrected chi connectivity index (χ2v) is 5.79. The van der Waals surface area contributed by atoms with Gasteiger partial charge in [0, 0.05) is 12.5 Å². The Labute approximate surface area is 122 Å². The van der Waals surface area contributed by atoms with Crippen molar-refractivity contribution in [1.29, 1.82) is 0 Å². The molecule has 0 radical (unpaired) electrons. The van der Waals surface area contributed by atoms with Crippen molar-refractivity contribution in [3.05, 3.63) is 22.2 Å². The summed E-state index contributed by atoms with van der Waals surface area (Å²) >= 11 is 3.52. The predicted octanol–water partition coefficient (Wildman–Crippen LogP) is 2.64. The van der Waals surface area contributed by atoms with Gasteiger partial charge in [-0.15, -0.1) is 0 Å². The van der Waals surface area contributed by atoms with Crippen molar-refractivity contribution in [2.75, 3.05) is 19.8 Å². The van der Waals surface area contributed by atoms with Crippen LogP contribution in [0.3, 0.4) is 0 Å². The smallest absolute Gasteiger partial charge is 0.175 e. The van der Waals surface area contributed by atoms with Crippen molar-refractivity contribution in [1.82, 2.24) is 5.32 Å². The first-order chi connectivity index (χ1) is 9.11. The summed E-state index contributed by atoms with van der Waals surface area (Å²) in [6.07, 6.45) is 0.879. The minimum absolute atomic E-state index is 0.0459. The van der Waals surface area contributed by atoms with Gasteiger partial charge in [-0.3, -0.25) is 0 Å². The lowest BCUT2D eigenvalue weighted by atomic mass is 10.1. The van der Waals surface area contributed by atoms with Crippen molar-refractivity contribution in [2.45, 2.75) is 32.4 Å². The fourth-order valence-electron chi connectivity index (χ4n) is 2.11. The van der Waals surface area contributed by atoms with Gasteiger partial charge in [0.25, 0.3) is 0 Å². The van der Waals surface area contributed by atoms with Gasteiger partial charge in [0.1, 0.15) is 0 Å². The van der Waals surface area contributed by atoms with Crippen molar-refractivity contribution >= 4 is 15.9 Å². The summed E-state index contributed by atoms with van der Waals surface area (Å²) in [6.45, 7) is 5.48. The molecule has 2 N–H and O–H groups in total. The summed E-state index contributed by atoms with van der Waals surface area (Å²) in [4.78, 5) is 0. The molecule has 1 heterocycles. The Morgan fingerprint density at radius 3 is 2.74 bits per heavy atom. The van der Waals surface area contributed by atoms with Crippen LogP contribution < -0.4 is 14.8 Å². The minimum Gasteiger partial charge on any atom is -0.490 e. The lowest BCUT2D eigenvalue weighted by Gasteiger charge is -2.21. The lowest BCUT2D eigenvalue weighted by Crippen LogP contribution is -2.30. The molecule has 0 amide bonds. The van der Waals surface area contributed by atoms with E-state index >= 15 is 0 Å². The van der Waals surface area contributed by atoms with E-state index in [2.05, 4.69) is 35.1 Å². The van der Waals surface area contributed by atoms with Gasteiger partial charge >= 0.3 is 0 Å². The van der Waals surface area contributed by atoms with Crippen LogP contribution in [0.5, 0.6) is 11.5 Å². The number of aliphatic hydroxyl groups excluding tert-OH is 1. The molecule has 1 aliphatic rings. The van der Waals surface area contributed by atoms with Crippen LogP contribution in [-0.2, 0) is 0 Å². The molecule has 0 fully saturated rings. The van der Waals surface area contributed by atoms with E-state index in [1.54, 1.807) is 0 Å². The number of benzene rings is 1. The number of aliphatic hydroxyl groups is 1. The molecule has 1 atom stereocenters. The third kappa shape index (κ3) is 3.61. The number of fused-ring (bicyclic) bond motifs is 1. The number of rotatable bonds is 4. The molecule has 1 aliphatic heterocycles. The maximum absolute atomic E-state index is 9.53. The molecule has 0 aliphatic carbocycles. The van der Waals surface area contributed by atoms with Gasteiger partial charge in [-0.2, -0.15) is 0 Å². The highest BCUT2D eigenvalue weighted by Crippen LogP contribution is 2.39. The van der Waals surface area contributed by atoms with E-state index in [1.165, 1.54) is 0 Å². The highest BCUT2D eigenvalue weighted by molar-refractivity contribution is 9.10. The van der Waals surface area contributed by atoms with Gasteiger partial charge in [0.05, 0.1) is 30.3 Å². The zero-order chi connectivity index (χ0) is 13.8. The molecule has 0 saturated carbocycles. The molecular weight excluding hydrogens is 310 g/mol. The lowest BCUT2D eigenvalue weighted by molar-refractivity contribution is 0.236. The Morgan fingerprint density at radius 2 is 2.05 bits per heavy atom. The van der Waals surface area contributed by atoms with Crippen LogP contribution >= 0.6 is 15.9 Å². The molecule has 0 bridgehead atoms. The molecule has 19 heavy (non-hydrogen) atoms. The molecule has 2 rings (SSSR count). The number of hydrogen-bond acceptors (Lipinski definition) is 4. The number of hydrogen-bond donors (Lipinski definition) is 2. The highest BCUT2D eigenvalue weighted by Gasteiger charge is 2.19. The van der Waals surface area contributed by atoms with Gasteiger partial charge in [-0.05, 0) is 33.6 Å². The van der Waals surface area contributed by atoms with Crippen LogP contribution in [0.25, 0.3) is 0 Å². The third-order valence-corrected chi connectivity index (χ3v) is 3.53. The number of halogens is 1. The normalized spacial score (nSPS) is 16.3. The van der Waals surface area contributed by atoms with Crippen LogP contribution in [0.15, 0.2) is 16.6 Å². The summed E-state index contributed by atoms with van der Waals surface area (Å²) in [5, 5.41) is 12.9. The molecule has 106 valence electrons. The molecule has 1 aromatic carbocycles. The van der Waals surface area contributed by atoms with Crippen molar-refractivity contribution in [3.8, 4) is 11.5 Å². The van der Waals surface area contributed by atoms with E-state index in [0.29, 0.717) is 19.3 Å². The maximum atomic E-state index is 9.53. The monoisotopic (exact) mass is 329 g/mol. The molecule has 0 aromatic heterocycles. The first kappa shape index (κ1) is 14.6. The van der Waals surface area contributed by atoms with Crippen molar-refractivity contribution in [2.24, 2.45) is 0 Å². The Hall–Kier alpha value is -0.780. The average molecular weight is 330 g/mol. The molecule has 1 unspecified atom stereocenters. The van der Waals surface area contributed by atoms with Gasteiger partial charge in [0.15, 0.2) is 11.5 Å². The molecule has 5 heteroatoms. The van der Waals surface area contributed by atoms with Gasteiger partial charge < -0.3 is 19.9 Å². The van der Waals surface area contributed by atoms with Crippen LogP contribution in [-0.4, -0.2) is 31.0 Å². The summed E-state index contributed by atoms with van der Waals surface area (Å²) in [6, 6.07) is 4.12. The molecule has 4 nitrogen and oxygen atoms in total. The summed E-state index contributed by atoms with van der Waals surface area (Å²) < 4.78 is 12.2. The van der Waals surface area contributed by atoms with E-state index in [0.717, 1.165) is 28.0 Å². The zero-order valence-corrected chi connectivity index (χ0v) is 12.9. The number of ether oxygens (including phenoxy) is 2. The Morgan fingerprint density at radius 1 is 1.32 bits per heavy atom. The third-order valence-electron chi connectivity index (χ3n) is 2.94. The average Bonchev–Trinajstić information content (AvgIpc) is 2.61. The molecule has 0 spiro atoms. The minimum atomic E-state index is -0.103. The van der Waals surface area contributed by atoms with Gasteiger partial charge in [0.2, 0.25) is 0 Å². The van der Waals surface area contributed by atoms with Crippen LogP contribution in [0, 0.1) is 0 Å². The number of nitrogens with one attached hydrogen (secondary N) is 1. The van der Waals surface area contributed by atoms with Gasteiger partial charge in [-0.25, -0.2) is 0 Å². The summed E-state index contributed by atoms with van der Waals surface area (Å²) in [7, 11) is 0. The van der Waals surface area contributed by atoms with E-state index in [4.69, 9.17) is 9.47 Å². The molecular formula is C14H20BrNO3. The van der Waals surface area contributed by atoms with E-state index in [9.17, 15) is 5.11 Å². The van der Waals surface area contributed by atoms with E-state index in [1.807, 2.05) is 12.1 Å². The second kappa shape index (κ2) is 6.59. The molecule has 1 aromatic rings. The first-order valence-electron chi connectivity index (χ1n) is 6.57. The maximum Gasteiger partial charge on any atom is 0.175 e. The topological polar surface area (TPSA) is 50.7 Å². The largest absolute Gasteiger partial charge is 0.490 e. The second-order valence-electron chi connectivity index (χ2n) is 4.94. The van der Waals surface area contributed by atoms with E-state index in [-0.39, 0.29) is 12.6 Å². The molecule has 0 saturated heterocycles. The summed E-state index contributed by atoms with van der Waals surface area (Å²) in [5.41, 5.74) is 0.993. The van der Waals surface area contributed by atoms with Crippen molar-refractivity contribution in [3.63, 3.8) is 0 Å². The Kier molecular flexibility index (Phi) is 5.07. The van der Waals surface area contributed by atoms with Crippen molar-refractivity contribution < 1.29 is 14.6 Å². The van der Waals surface area contributed by atoms with Crippen LogP contribution in [0.1, 0.15) is 31.9 Å². The quantitative estimate of drug-likeness (QED) is 0.891. The Balaban J connectivity index is 2.31. The Bertz CT molecular complexity index is 437. The highest BCUT2D eigenvalue weighted by atomic mass is 79.9. The predicted molar refractivity (Wildman–Crippen MR) is 77.8 cm³/mol. The SMILES string of the molecule is CC(C)NC(CO)c1cc(Br)c2c(c1)OCCCO2. The zero-order valence-electron chi connectivity index (χ0n) is 11.3. The van der Waals surface area contributed by atoms with Crippen LogP contribution in [0.2, 0.25) is 0 Å². The standard InChI is InChI=1S/C14H20BrNO3/c1-9(2)16-12(8-17)10-6-11(15)14-13(7-10)18-4-3-5-19-14/h6-7,9,12,16-17H,3-5,8H2,1-2H3. The summed E-state index contributed by atoms with van der Waals surface area (Å²) in [5.74, 6) is 1.49. The van der Waals surface area contributed by atoms with Gasteiger partial charge in [-0.1, -0.05) is 13.8 Å². The fourth-order valence-corrected chi connectivity index (χ4v) is 2.68. The first-order valence-corrected chi connectivity index (χ1v) is 7.37.